The number of nitrogens with zero attached hydrogens (tertiary/aromatic N) is 2. The smallest absolute Gasteiger partial charge is 0.239 e. The number of nitrogens with one attached hydrogen (secondary N) is 1. The van der Waals surface area contributed by atoms with Gasteiger partial charge in [-0.1, -0.05) is 38.1 Å². The Labute approximate surface area is 182 Å². The molecule has 0 radical (unpaired) electrons. The molecule has 0 saturated heterocycles. The monoisotopic (exact) mass is 423 g/mol. The molecule has 31 heavy (non-hydrogen) atoms. The first-order chi connectivity index (χ1) is 14.9. The van der Waals surface area contributed by atoms with E-state index in [0.717, 1.165) is 12.0 Å². The lowest BCUT2D eigenvalue weighted by atomic mass is 10.0. The van der Waals surface area contributed by atoms with Gasteiger partial charge in [0, 0.05) is 25.5 Å². The number of carbonyl (C=O) groups excluding carboxylic acids is 2. The van der Waals surface area contributed by atoms with Crippen LogP contribution >= 0.6 is 0 Å². The molecule has 3 rings (SSSR count). The number of likely N-dealkylation sites (N-methyl/N-ethyl adjacent to an activating group) is 1. The summed E-state index contributed by atoms with van der Waals surface area (Å²) in [5.74, 6) is 2.07. The average Bonchev–Trinajstić information content (AvgIpc) is 3.42. The third-order valence-electron chi connectivity index (χ3n) is 4.84. The second-order valence-corrected chi connectivity index (χ2v) is 8.02. The molecule has 164 valence electrons. The highest BCUT2D eigenvalue weighted by atomic mass is 16.4. The molecule has 0 aliphatic heterocycles. The van der Waals surface area contributed by atoms with Crippen molar-refractivity contribution >= 4 is 11.8 Å². The van der Waals surface area contributed by atoms with Crippen LogP contribution in [-0.4, -0.2) is 35.3 Å². The van der Waals surface area contributed by atoms with Crippen molar-refractivity contribution < 1.29 is 18.4 Å². The normalized spacial score (nSPS) is 11.0. The molecule has 0 saturated carbocycles. The maximum Gasteiger partial charge on any atom is 0.239 e. The summed E-state index contributed by atoms with van der Waals surface area (Å²) < 4.78 is 11.0. The van der Waals surface area contributed by atoms with Crippen molar-refractivity contribution in [1.29, 1.82) is 0 Å². The van der Waals surface area contributed by atoms with Crippen LogP contribution in [0.3, 0.4) is 0 Å². The second kappa shape index (κ2) is 10.6. The minimum Gasteiger partial charge on any atom is -0.467 e. The molecular weight excluding hydrogens is 394 g/mol. The molecule has 0 spiro atoms. The Morgan fingerprint density at radius 3 is 2.61 bits per heavy atom. The predicted octanol–water partition coefficient (Wildman–Crippen LogP) is 3.84. The number of furan rings is 1. The summed E-state index contributed by atoms with van der Waals surface area (Å²) in [7, 11) is 1.61. The van der Waals surface area contributed by atoms with E-state index in [9.17, 15) is 9.59 Å². The number of oxazole rings is 1. The molecule has 1 aromatic carbocycles. The van der Waals surface area contributed by atoms with E-state index >= 15 is 0 Å². The summed E-state index contributed by atoms with van der Waals surface area (Å²) in [6, 6.07) is 11.8. The van der Waals surface area contributed by atoms with Crippen molar-refractivity contribution in [2.75, 3.05) is 13.6 Å². The van der Waals surface area contributed by atoms with Gasteiger partial charge in [0.1, 0.15) is 5.76 Å². The van der Waals surface area contributed by atoms with Gasteiger partial charge < -0.3 is 19.1 Å². The molecule has 2 aromatic heterocycles. The van der Waals surface area contributed by atoms with Crippen molar-refractivity contribution in [2.24, 2.45) is 5.92 Å². The Bertz CT molecular complexity index is 975. The molecule has 0 fully saturated rings. The lowest BCUT2D eigenvalue weighted by Gasteiger charge is -2.16. The zero-order valence-electron chi connectivity index (χ0n) is 18.3. The molecule has 0 unspecified atom stereocenters. The number of hydrogen-bond donors (Lipinski definition) is 1. The molecule has 0 aliphatic rings. The van der Waals surface area contributed by atoms with Crippen LogP contribution in [0.4, 0.5) is 0 Å². The van der Waals surface area contributed by atoms with Gasteiger partial charge in [-0.25, -0.2) is 4.98 Å². The van der Waals surface area contributed by atoms with E-state index in [0.29, 0.717) is 36.3 Å². The molecule has 3 aromatic rings. The molecular formula is C24H29N3O4. The molecule has 7 heteroatoms. The number of benzene rings is 1. The van der Waals surface area contributed by atoms with Gasteiger partial charge in [0.05, 0.1) is 25.5 Å². The van der Waals surface area contributed by atoms with Crippen LogP contribution < -0.4 is 5.32 Å². The zero-order chi connectivity index (χ0) is 22.2. The van der Waals surface area contributed by atoms with E-state index in [1.165, 1.54) is 10.5 Å². The molecule has 2 amide bonds. The van der Waals surface area contributed by atoms with Crippen molar-refractivity contribution in [3.8, 4) is 11.3 Å². The van der Waals surface area contributed by atoms with Crippen LogP contribution in [-0.2, 0) is 29.0 Å². The molecule has 0 aliphatic carbocycles. The minimum atomic E-state index is -0.244. The summed E-state index contributed by atoms with van der Waals surface area (Å²) in [6.07, 6.45) is 4.87. The fraction of sp³-hybridized carbons (Fsp3) is 0.375. The largest absolute Gasteiger partial charge is 0.467 e. The standard InChI is InChI=1S/C24H29N3O4/c1-17(2)13-18-6-8-19(9-7-18)21-15-26-23(31-21)10-11-24(29)27(3)16-22(28)25-14-20-5-4-12-30-20/h4-9,12,15,17H,10-11,13-14,16H2,1-3H3,(H,25,28). The van der Waals surface area contributed by atoms with Gasteiger partial charge in [-0.2, -0.15) is 0 Å². The van der Waals surface area contributed by atoms with Gasteiger partial charge in [0.25, 0.3) is 0 Å². The van der Waals surface area contributed by atoms with E-state index in [-0.39, 0.29) is 24.8 Å². The van der Waals surface area contributed by atoms with Crippen molar-refractivity contribution in [2.45, 2.75) is 39.7 Å². The Morgan fingerprint density at radius 1 is 1.16 bits per heavy atom. The summed E-state index contributed by atoms with van der Waals surface area (Å²) >= 11 is 0. The number of aryl methyl sites for hydroxylation is 1. The SMILES string of the molecule is CC(C)Cc1ccc(-c2cnc(CCC(=O)N(C)CC(=O)NCc3ccco3)o2)cc1. The van der Waals surface area contributed by atoms with E-state index in [2.05, 4.69) is 36.3 Å². The summed E-state index contributed by atoms with van der Waals surface area (Å²) in [6.45, 7) is 4.68. The van der Waals surface area contributed by atoms with Crippen LogP contribution in [0.25, 0.3) is 11.3 Å². The third-order valence-corrected chi connectivity index (χ3v) is 4.84. The summed E-state index contributed by atoms with van der Waals surface area (Å²) in [5.41, 5.74) is 2.25. The van der Waals surface area contributed by atoms with Crippen molar-refractivity contribution in [3.05, 3.63) is 66.1 Å². The van der Waals surface area contributed by atoms with Gasteiger partial charge >= 0.3 is 0 Å². The third kappa shape index (κ3) is 6.84. The first kappa shape index (κ1) is 22.3. The number of aromatic nitrogens is 1. The number of amides is 2. The van der Waals surface area contributed by atoms with Gasteiger partial charge in [-0.15, -0.1) is 0 Å². The highest BCUT2D eigenvalue weighted by molar-refractivity contribution is 5.84. The van der Waals surface area contributed by atoms with Gasteiger partial charge in [0.2, 0.25) is 11.8 Å². The Hall–Kier alpha value is -3.35. The molecule has 1 N–H and O–H groups in total. The molecule has 2 heterocycles. The Kier molecular flexibility index (Phi) is 7.65. The topological polar surface area (TPSA) is 88.6 Å². The highest BCUT2D eigenvalue weighted by Gasteiger charge is 2.15. The molecule has 0 bridgehead atoms. The quantitative estimate of drug-likeness (QED) is 0.535. The van der Waals surface area contributed by atoms with Crippen molar-refractivity contribution in [3.63, 3.8) is 0 Å². The second-order valence-electron chi connectivity index (χ2n) is 8.02. The highest BCUT2D eigenvalue weighted by Crippen LogP contribution is 2.22. The first-order valence-electron chi connectivity index (χ1n) is 10.5. The maximum absolute atomic E-state index is 12.3. The van der Waals surface area contributed by atoms with Gasteiger partial charge in [0.15, 0.2) is 11.7 Å². The fourth-order valence-electron chi connectivity index (χ4n) is 3.20. The van der Waals surface area contributed by atoms with Crippen LogP contribution in [0.5, 0.6) is 0 Å². The van der Waals surface area contributed by atoms with Crippen LogP contribution in [0.1, 0.15) is 37.5 Å². The van der Waals surface area contributed by atoms with E-state index in [1.54, 1.807) is 31.6 Å². The van der Waals surface area contributed by atoms with E-state index in [4.69, 9.17) is 8.83 Å². The lowest BCUT2D eigenvalue weighted by Crippen LogP contribution is -2.38. The van der Waals surface area contributed by atoms with Crippen molar-refractivity contribution in [1.82, 2.24) is 15.2 Å². The minimum absolute atomic E-state index is 0.0148. The Morgan fingerprint density at radius 2 is 1.94 bits per heavy atom. The average molecular weight is 424 g/mol. The predicted molar refractivity (Wildman–Crippen MR) is 117 cm³/mol. The van der Waals surface area contributed by atoms with Crippen LogP contribution in [0.2, 0.25) is 0 Å². The Balaban J connectivity index is 1.44. The van der Waals surface area contributed by atoms with Crippen LogP contribution in [0, 0.1) is 5.92 Å². The zero-order valence-corrected chi connectivity index (χ0v) is 18.3. The number of carbonyl (C=O) groups is 2. The lowest BCUT2D eigenvalue weighted by molar-refractivity contribution is -0.134. The molecule has 7 nitrogen and oxygen atoms in total. The summed E-state index contributed by atoms with van der Waals surface area (Å²) in [4.78, 5) is 30.0. The van der Waals surface area contributed by atoms with Gasteiger partial charge in [-0.05, 0) is 30.0 Å². The van der Waals surface area contributed by atoms with Crippen LogP contribution in [0.15, 0.2) is 57.7 Å². The molecule has 0 atom stereocenters. The van der Waals surface area contributed by atoms with E-state index < -0.39 is 0 Å². The maximum atomic E-state index is 12.3. The summed E-state index contributed by atoms with van der Waals surface area (Å²) in [5, 5.41) is 2.72. The fourth-order valence-corrected chi connectivity index (χ4v) is 3.20. The van der Waals surface area contributed by atoms with E-state index in [1.807, 2.05) is 12.1 Å². The van der Waals surface area contributed by atoms with Gasteiger partial charge in [-0.3, -0.25) is 9.59 Å². The number of rotatable bonds is 10. The first-order valence-corrected chi connectivity index (χ1v) is 10.5. The number of hydrogen-bond acceptors (Lipinski definition) is 5.